The molecular weight excluding hydrogens is 188 g/mol. The largest absolute Gasteiger partial charge is 0.347 e. The number of rotatable bonds is 2. The maximum atomic E-state index is 11.8. The van der Waals surface area contributed by atoms with E-state index in [1.807, 2.05) is 31.2 Å². The van der Waals surface area contributed by atoms with Gasteiger partial charge in [-0.05, 0) is 26.1 Å². The van der Waals surface area contributed by atoms with Crippen LogP contribution >= 0.6 is 0 Å². The molecule has 0 bridgehead atoms. The van der Waals surface area contributed by atoms with E-state index in [2.05, 4.69) is 17.3 Å². The minimum atomic E-state index is 0.0387. The monoisotopic (exact) mass is 204 g/mol. The third-order valence-electron chi connectivity index (χ3n) is 2.68. The third kappa shape index (κ3) is 2.36. The molecule has 15 heavy (non-hydrogen) atoms. The van der Waals surface area contributed by atoms with Crippen molar-refractivity contribution in [1.29, 1.82) is 0 Å². The van der Waals surface area contributed by atoms with Gasteiger partial charge in [0.15, 0.2) is 0 Å². The standard InChI is InChI=1S/C12H16N2O/c1-9-4-3-5-10(6-9)12(15)13-11-7-14(2)8-11/h3-6,11H,7-8H2,1-2H3,(H,13,15). The summed E-state index contributed by atoms with van der Waals surface area (Å²) in [6.45, 7) is 3.91. The van der Waals surface area contributed by atoms with Gasteiger partial charge in [0.1, 0.15) is 0 Å². The van der Waals surface area contributed by atoms with Crippen LogP contribution in [0.25, 0.3) is 0 Å². The van der Waals surface area contributed by atoms with Crippen LogP contribution < -0.4 is 5.32 Å². The van der Waals surface area contributed by atoms with E-state index < -0.39 is 0 Å². The number of hydrogen-bond donors (Lipinski definition) is 1. The Hall–Kier alpha value is -1.35. The fourth-order valence-electron chi connectivity index (χ4n) is 1.85. The van der Waals surface area contributed by atoms with E-state index in [9.17, 15) is 4.79 Å². The number of nitrogens with one attached hydrogen (secondary N) is 1. The second-order valence-electron chi connectivity index (χ2n) is 4.26. The Bertz CT molecular complexity index is 370. The zero-order valence-electron chi connectivity index (χ0n) is 9.16. The van der Waals surface area contributed by atoms with E-state index in [1.165, 1.54) is 0 Å². The molecule has 0 saturated carbocycles. The predicted molar refractivity (Wildman–Crippen MR) is 59.9 cm³/mol. The summed E-state index contributed by atoms with van der Waals surface area (Å²) in [5, 5.41) is 3.01. The number of nitrogens with zero attached hydrogens (tertiary/aromatic N) is 1. The lowest BCUT2D eigenvalue weighted by molar-refractivity contribution is 0.0857. The molecule has 1 heterocycles. The Morgan fingerprint density at radius 3 is 2.80 bits per heavy atom. The second kappa shape index (κ2) is 4.03. The first kappa shape index (κ1) is 10.2. The van der Waals surface area contributed by atoms with Crippen molar-refractivity contribution < 1.29 is 4.79 Å². The summed E-state index contributed by atoms with van der Waals surface area (Å²) < 4.78 is 0. The number of carbonyl (C=O) groups is 1. The molecule has 0 aliphatic carbocycles. The number of aryl methyl sites for hydroxylation is 1. The molecule has 1 aliphatic rings. The van der Waals surface area contributed by atoms with Crippen molar-refractivity contribution in [3.63, 3.8) is 0 Å². The molecule has 0 radical (unpaired) electrons. The molecule has 3 nitrogen and oxygen atoms in total. The predicted octanol–water partition coefficient (Wildman–Crippen LogP) is 1.04. The quantitative estimate of drug-likeness (QED) is 0.780. The fourth-order valence-corrected chi connectivity index (χ4v) is 1.85. The van der Waals surface area contributed by atoms with Crippen LogP contribution in [0.1, 0.15) is 15.9 Å². The van der Waals surface area contributed by atoms with E-state index in [1.54, 1.807) is 0 Å². The van der Waals surface area contributed by atoms with Crippen LogP contribution in [0, 0.1) is 6.92 Å². The van der Waals surface area contributed by atoms with Crippen LogP contribution in [0.4, 0.5) is 0 Å². The molecule has 0 aromatic heterocycles. The van der Waals surface area contributed by atoms with E-state index in [-0.39, 0.29) is 5.91 Å². The summed E-state index contributed by atoms with van der Waals surface area (Å²) in [5.41, 5.74) is 1.87. The lowest BCUT2D eigenvalue weighted by Crippen LogP contribution is -2.57. The highest BCUT2D eigenvalue weighted by molar-refractivity contribution is 5.94. The second-order valence-corrected chi connectivity index (χ2v) is 4.26. The molecule has 1 aromatic rings. The molecule has 1 N–H and O–H groups in total. The van der Waals surface area contributed by atoms with Gasteiger partial charge in [0.25, 0.3) is 5.91 Å². The fraction of sp³-hybridized carbons (Fsp3) is 0.417. The molecule has 0 atom stereocenters. The van der Waals surface area contributed by atoms with Gasteiger partial charge in [-0.3, -0.25) is 4.79 Å². The summed E-state index contributed by atoms with van der Waals surface area (Å²) in [6.07, 6.45) is 0. The average Bonchev–Trinajstić information content (AvgIpc) is 2.15. The van der Waals surface area contributed by atoms with Gasteiger partial charge in [-0.15, -0.1) is 0 Å². The Labute approximate surface area is 90.1 Å². The topological polar surface area (TPSA) is 32.3 Å². The van der Waals surface area contributed by atoms with E-state index in [0.717, 1.165) is 24.2 Å². The summed E-state index contributed by atoms with van der Waals surface area (Å²) in [5.74, 6) is 0.0387. The molecule has 0 unspecified atom stereocenters. The summed E-state index contributed by atoms with van der Waals surface area (Å²) in [7, 11) is 2.05. The molecule has 1 fully saturated rings. The van der Waals surface area contributed by atoms with Gasteiger partial charge in [-0.1, -0.05) is 17.7 Å². The highest BCUT2D eigenvalue weighted by atomic mass is 16.1. The Balaban J connectivity index is 1.96. The first-order chi connectivity index (χ1) is 7.15. The van der Waals surface area contributed by atoms with E-state index in [0.29, 0.717) is 6.04 Å². The molecule has 1 aromatic carbocycles. The first-order valence-corrected chi connectivity index (χ1v) is 5.21. The maximum Gasteiger partial charge on any atom is 0.251 e. The molecule has 0 spiro atoms. The molecular formula is C12H16N2O. The van der Waals surface area contributed by atoms with Gasteiger partial charge in [-0.2, -0.15) is 0 Å². The van der Waals surface area contributed by atoms with Crippen molar-refractivity contribution in [3.8, 4) is 0 Å². The maximum absolute atomic E-state index is 11.8. The molecule has 1 amide bonds. The zero-order valence-corrected chi connectivity index (χ0v) is 9.16. The highest BCUT2D eigenvalue weighted by Gasteiger charge is 2.24. The smallest absolute Gasteiger partial charge is 0.251 e. The van der Waals surface area contributed by atoms with Gasteiger partial charge >= 0.3 is 0 Å². The minimum Gasteiger partial charge on any atom is -0.347 e. The molecule has 1 saturated heterocycles. The zero-order chi connectivity index (χ0) is 10.8. The van der Waals surface area contributed by atoms with Crippen molar-refractivity contribution in [2.24, 2.45) is 0 Å². The number of hydrogen-bond acceptors (Lipinski definition) is 2. The molecule has 80 valence electrons. The van der Waals surface area contributed by atoms with Crippen molar-refractivity contribution in [1.82, 2.24) is 10.2 Å². The van der Waals surface area contributed by atoms with Crippen LogP contribution in [0.5, 0.6) is 0 Å². The number of carbonyl (C=O) groups excluding carboxylic acids is 1. The van der Waals surface area contributed by atoms with Crippen molar-refractivity contribution >= 4 is 5.91 Å². The number of likely N-dealkylation sites (N-methyl/N-ethyl adjacent to an activating group) is 1. The number of benzene rings is 1. The summed E-state index contributed by atoms with van der Waals surface area (Å²) in [4.78, 5) is 14.0. The van der Waals surface area contributed by atoms with Crippen molar-refractivity contribution in [2.45, 2.75) is 13.0 Å². The Morgan fingerprint density at radius 2 is 2.20 bits per heavy atom. The van der Waals surface area contributed by atoms with E-state index >= 15 is 0 Å². The van der Waals surface area contributed by atoms with Crippen LogP contribution in [-0.2, 0) is 0 Å². The van der Waals surface area contributed by atoms with Gasteiger partial charge in [0.2, 0.25) is 0 Å². The lowest BCUT2D eigenvalue weighted by Gasteiger charge is -2.36. The van der Waals surface area contributed by atoms with Gasteiger partial charge < -0.3 is 10.2 Å². The first-order valence-electron chi connectivity index (χ1n) is 5.21. The van der Waals surface area contributed by atoms with Gasteiger partial charge in [-0.25, -0.2) is 0 Å². The van der Waals surface area contributed by atoms with Crippen LogP contribution in [-0.4, -0.2) is 37.0 Å². The number of likely N-dealkylation sites (tertiary alicyclic amines) is 1. The van der Waals surface area contributed by atoms with Crippen molar-refractivity contribution in [3.05, 3.63) is 35.4 Å². The SMILES string of the molecule is Cc1cccc(C(=O)NC2CN(C)C2)c1. The normalized spacial score (nSPS) is 17.2. The van der Waals surface area contributed by atoms with Crippen LogP contribution in [0.3, 0.4) is 0 Å². The lowest BCUT2D eigenvalue weighted by atomic mass is 10.1. The molecule has 1 aliphatic heterocycles. The van der Waals surface area contributed by atoms with Crippen LogP contribution in [0.2, 0.25) is 0 Å². The minimum absolute atomic E-state index is 0.0387. The highest BCUT2D eigenvalue weighted by Crippen LogP contribution is 2.07. The Kier molecular flexibility index (Phi) is 2.73. The van der Waals surface area contributed by atoms with Gasteiger partial charge in [0.05, 0.1) is 6.04 Å². The van der Waals surface area contributed by atoms with Gasteiger partial charge in [0, 0.05) is 18.7 Å². The molecule has 3 heteroatoms. The molecule has 2 rings (SSSR count). The number of amides is 1. The van der Waals surface area contributed by atoms with Crippen LogP contribution in [0.15, 0.2) is 24.3 Å². The Morgan fingerprint density at radius 1 is 1.47 bits per heavy atom. The summed E-state index contributed by atoms with van der Waals surface area (Å²) in [6, 6.07) is 8.00. The summed E-state index contributed by atoms with van der Waals surface area (Å²) >= 11 is 0. The average molecular weight is 204 g/mol. The van der Waals surface area contributed by atoms with E-state index in [4.69, 9.17) is 0 Å². The van der Waals surface area contributed by atoms with Crippen molar-refractivity contribution in [2.75, 3.05) is 20.1 Å². The third-order valence-corrected chi connectivity index (χ3v) is 2.68.